The highest BCUT2D eigenvalue weighted by Gasteiger charge is 2.18. The van der Waals surface area contributed by atoms with Crippen molar-refractivity contribution in [3.8, 4) is 17.0 Å². The van der Waals surface area contributed by atoms with Crippen molar-refractivity contribution in [2.45, 2.75) is 46.5 Å². The molecule has 1 aromatic heterocycles. The Morgan fingerprint density at radius 1 is 1.12 bits per heavy atom. The summed E-state index contributed by atoms with van der Waals surface area (Å²) in [4.78, 5) is 8.60. The minimum absolute atomic E-state index is 0.207. The minimum atomic E-state index is 0.207. The molecular weight excluding hydrogens is 300 g/mol. The number of nitrogens with zero attached hydrogens (tertiary/aromatic N) is 2. The predicted molar refractivity (Wildman–Crippen MR) is 101 cm³/mol. The summed E-state index contributed by atoms with van der Waals surface area (Å²) in [6.45, 7) is 9.97. The van der Waals surface area contributed by atoms with Crippen molar-refractivity contribution in [2.75, 3.05) is 18.8 Å². The molecule has 0 bridgehead atoms. The number of phenolic OH excluding ortho intramolecular Hbond substituents is 1. The lowest BCUT2D eigenvalue weighted by Gasteiger charge is -2.22. The maximum Gasteiger partial charge on any atom is 0.220 e. The second-order valence-electron chi connectivity index (χ2n) is 5.10. The third-order valence-corrected chi connectivity index (χ3v) is 3.66. The molecular formula is C19H30N4O. The second-order valence-corrected chi connectivity index (χ2v) is 5.10. The van der Waals surface area contributed by atoms with Gasteiger partial charge in [0.15, 0.2) is 0 Å². The summed E-state index contributed by atoms with van der Waals surface area (Å²) in [6, 6.07) is 9.07. The van der Waals surface area contributed by atoms with E-state index in [-0.39, 0.29) is 11.7 Å². The van der Waals surface area contributed by atoms with Crippen LogP contribution in [0.4, 0.5) is 5.95 Å². The Morgan fingerprint density at radius 3 is 2.46 bits per heavy atom. The molecule has 1 aliphatic rings. The highest BCUT2D eigenvalue weighted by Crippen LogP contribution is 2.30. The summed E-state index contributed by atoms with van der Waals surface area (Å²) in [5.41, 5.74) is 8.14. The number of anilines is 1. The molecule has 0 radical (unpaired) electrons. The number of nitrogens with two attached hydrogens (primary N) is 1. The summed E-state index contributed by atoms with van der Waals surface area (Å²) in [5.74, 6) is 0.823. The van der Waals surface area contributed by atoms with Gasteiger partial charge in [-0.05, 0) is 37.6 Å². The fourth-order valence-electron chi connectivity index (χ4n) is 2.63. The lowest BCUT2D eigenvalue weighted by molar-refractivity contribution is 0.454. The third kappa shape index (κ3) is 5.20. The van der Waals surface area contributed by atoms with Gasteiger partial charge in [-0.2, -0.15) is 0 Å². The topological polar surface area (TPSA) is 84.1 Å². The van der Waals surface area contributed by atoms with Crippen LogP contribution in [0.15, 0.2) is 30.3 Å². The largest absolute Gasteiger partial charge is 0.507 e. The number of nitrogen functional groups attached to an aromatic ring is 1. The van der Waals surface area contributed by atoms with Gasteiger partial charge >= 0.3 is 0 Å². The van der Waals surface area contributed by atoms with E-state index in [1.54, 1.807) is 12.1 Å². The number of para-hydroxylation sites is 1. The monoisotopic (exact) mass is 330 g/mol. The van der Waals surface area contributed by atoms with Gasteiger partial charge in [0.1, 0.15) is 5.75 Å². The van der Waals surface area contributed by atoms with Gasteiger partial charge in [0.05, 0.1) is 11.4 Å². The highest BCUT2D eigenvalue weighted by molar-refractivity contribution is 5.67. The van der Waals surface area contributed by atoms with E-state index in [0.717, 1.165) is 31.6 Å². The van der Waals surface area contributed by atoms with Crippen LogP contribution in [0.3, 0.4) is 0 Å². The molecule has 0 saturated carbocycles. The van der Waals surface area contributed by atoms with Crippen LogP contribution in [0.5, 0.6) is 5.75 Å². The van der Waals surface area contributed by atoms with Crippen LogP contribution in [0.1, 0.15) is 52.1 Å². The number of piperidine rings is 1. The van der Waals surface area contributed by atoms with E-state index >= 15 is 0 Å². The average Bonchev–Trinajstić information content (AvgIpc) is 2.65. The van der Waals surface area contributed by atoms with Gasteiger partial charge in [0, 0.05) is 18.0 Å². The Hall–Kier alpha value is -2.14. The number of hydrogen-bond acceptors (Lipinski definition) is 5. The van der Waals surface area contributed by atoms with Crippen molar-refractivity contribution in [1.29, 1.82) is 0 Å². The molecule has 24 heavy (non-hydrogen) atoms. The lowest BCUT2D eigenvalue weighted by atomic mass is 9.95. The molecule has 1 atom stereocenters. The first-order valence-electron chi connectivity index (χ1n) is 8.87. The summed E-state index contributed by atoms with van der Waals surface area (Å²) >= 11 is 0. The maximum absolute atomic E-state index is 9.94. The van der Waals surface area contributed by atoms with Crippen LogP contribution in [0, 0.1) is 0 Å². The first-order valence-corrected chi connectivity index (χ1v) is 8.87. The van der Waals surface area contributed by atoms with Gasteiger partial charge < -0.3 is 16.2 Å². The Kier molecular flexibility index (Phi) is 8.79. The molecule has 4 N–H and O–H groups in total. The number of benzene rings is 1. The maximum atomic E-state index is 9.94. The van der Waals surface area contributed by atoms with Gasteiger partial charge in [-0.25, -0.2) is 9.97 Å². The van der Waals surface area contributed by atoms with Gasteiger partial charge in [-0.1, -0.05) is 39.8 Å². The van der Waals surface area contributed by atoms with Crippen molar-refractivity contribution >= 4 is 5.95 Å². The summed E-state index contributed by atoms with van der Waals surface area (Å²) in [7, 11) is 0. The number of aromatic hydroxyl groups is 1. The van der Waals surface area contributed by atoms with E-state index < -0.39 is 0 Å². The van der Waals surface area contributed by atoms with Gasteiger partial charge in [-0.3, -0.25) is 0 Å². The van der Waals surface area contributed by atoms with Gasteiger partial charge in [0.25, 0.3) is 0 Å². The number of hydrogen-bond donors (Lipinski definition) is 3. The SMILES string of the molecule is CC.CC.Nc1nc(-c2ccccc2O)cc(C2CCCNC2)n1. The number of rotatable bonds is 2. The molecule has 1 unspecified atom stereocenters. The Labute approximate surface area is 145 Å². The quantitative estimate of drug-likeness (QED) is 0.776. The molecule has 5 nitrogen and oxygen atoms in total. The summed E-state index contributed by atoms with van der Waals surface area (Å²) in [5, 5.41) is 13.3. The van der Waals surface area contributed by atoms with E-state index in [4.69, 9.17) is 5.73 Å². The fraction of sp³-hybridized carbons (Fsp3) is 0.474. The van der Waals surface area contributed by atoms with E-state index in [0.29, 0.717) is 17.2 Å². The molecule has 0 aliphatic carbocycles. The molecule has 2 heterocycles. The van der Waals surface area contributed by atoms with Crippen LogP contribution in [-0.2, 0) is 0 Å². The van der Waals surface area contributed by atoms with Crippen LogP contribution in [0.25, 0.3) is 11.3 Å². The number of phenols is 1. The van der Waals surface area contributed by atoms with Crippen molar-refractivity contribution in [1.82, 2.24) is 15.3 Å². The summed E-state index contributed by atoms with van der Waals surface area (Å²) < 4.78 is 0. The molecule has 0 amide bonds. The summed E-state index contributed by atoms with van der Waals surface area (Å²) in [6.07, 6.45) is 2.24. The zero-order valence-corrected chi connectivity index (χ0v) is 15.2. The minimum Gasteiger partial charge on any atom is -0.507 e. The zero-order valence-electron chi connectivity index (χ0n) is 15.2. The van der Waals surface area contributed by atoms with Crippen molar-refractivity contribution in [3.63, 3.8) is 0 Å². The predicted octanol–water partition coefficient (Wildman–Crippen LogP) is 3.95. The standard InChI is InChI=1S/C15H18N4O.2C2H6/c16-15-18-12(10-4-3-7-17-9-10)8-13(19-15)11-5-1-2-6-14(11)20;2*1-2/h1-2,5-6,8,10,17,20H,3-4,7,9H2,(H2,16,18,19);2*1-2H3. The zero-order chi connectivity index (χ0) is 17.9. The molecule has 2 aromatic rings. The molecule has 132 valence electrons. The van der Waals surface area contributed by atoms with Crippen LogP contribution < -0.4 is 11.1 Å². The van der Waals surface area contributed by atoms with Crippen LogP contribution in [0.2, 0.25) is 0 Å². The highest BCUT2D eigenvalue weighted by atomic mass is 16.3. The average molecular weight is 330 g/mol. The van der Waals surface area contributed by atoms with Gasteiger partial charge in [0.2, 0.25) is 5.95 Å². The lowest BCUT2D eigenvalue weighted by Crippen LogP contribution is -2.29. The third-order valence-electron chi connectivity index (χ3n) is 3.66. The Bertz CT molecular complexity index is 610. The van der Waals surface area contributed by atoms with E-state index in [2.05, 4.69) is 15.3 Å². The first-order chi connectivity index (χ1) is 11.7. The Morgan fingerprint density at radius 2 is 1.83 bits per heavy atom. The van der Waals surface area contributed by atoms with Crippen molar-refractivity contribution < 1.29 is 5.11 Å². The van der Waals surface area contributed by atoms with E-state index in [1.807, 2.05) is 45.9 Å². The molecule has 1 aromatic carbocycles. The molecule has 5 heteroatoms. The van der Waals surface area contributed by atoms with Crippen molar-refractivity contribution in [2.24, 2.45) is 0 Å². The van der Waals surface area contributed by atoms with E-state index in [1.165, 1.54) is 0 Å². The van der Waals surface area contributed by atoms with Gasteiger partial charge in [-0.15, -0.1) is 0 Å². The second kappa shape index (κ2) is 10.6. The number of aromatic nitrogens is 2. The fourth-order valence-corrected chi connectivity index (χ4v) is 2.63. The van der Waals surface area contributed by atoms with E-state index in [9.17, 15) is 5.11 Å². The normalized spacial score (nSPS) is 16.2. The first kappa shape index (κ1) is 19.9. The van der Waals surface area contributed by atoms with Crippen LogP contribution in [-0.4, -0.2) is 28.2 Å². The molecule has 3 rings (SSSR count). The number of nitrogens with one attached hydrogen (secondary N) is 1. The molecule has 1 fully saturated rings. The molecule has 1 aliphatic heterocycles. The molecule has 1 saturated heterocycles. The van der Waals surface area contributed by atoms with Crippen LogP contribution >= 0.6 is 0 Å². The van der Waals surface area contributed by atoms with Crippen molar-refractivity contribution in [3.05, 3.63) is 36.0 Å². The Balaban J connectivity index is 0.000000671. The smallest absolute Gasteiger partial charge is 0.220 e. The molecule has 0 spiro atoms.